The number of piperidine rings is 1. The van der Waals surface area contributed by atoms with Gasteiger partial charge in [0.05, 0.1) is 11.6 Å². The molecular weight excluding hydrogens is 186 g/mol. The van der Waals surface area contributed by atoms with Crippen molar-refractivity contribution in [1.82, 2.24) is 0 Å². The number of anilines is 1. The lowest BCUT2D eigenvalue weighted by molar-refractivity contribution is 0.501. The molecule has 15 heavy (non-hydrogen) atoms. The van der Waals surface area contributed by atoms with Crippen molar-refractivity contribution in [1.29, 1.82) is 5.26 Å². The second-order valence-electron chi connectivity index (χ2n) is 3.99. The van der Waals surface area contributed by atoms with E-state index in [4.69, 9.17) is 11.0 Å². The summed E-state index contributed by atoms with van der Waals surface area (Å²) in [5.74, 6) is 0. The Hall–Kier alpha value is -1.53. The molecule has 1 aromatic carbocycles. The van der Waals surface area contributed by atoms with Gasteiger partial charge in [0, 0.05) is 24.8 Å². The van der Waals surface area contributed by atoms with Gasteiger partial charge in [0.15, 0.2) is 0 Å². The number of nitrogens with zero attached hydrogens (tertiary/aromatic N) is 2. The van der Waals surface area contributed by atoms with Crippen LogP contribution in [0.2, 0.25) is 0 Å². The Balaban J connectivity index is 2.12. The molecule has 1 saturated heterocycles. The predicted molar refractivity (Wildman–Crippen MR) is 60.6 cm³/mol. The monoisotopic (exact) mass is 201 g/mol. The minimum Gasteiger partial charge on any atom is -0.371 e. The van der Waals surface area contributed by atoms with Crippen LogP contribution in [0.15, 0.2) is 24.3 Å². The van der Waals surface area contributed by atoms with Gasteiger partial charge >= 0.3 is 0 Å². The van der Waals surface area contributed by atoms with Crippen molar-refractivity contribution in [2.75, 3.05) is 18.0 Å². The van der Waals surface area contributed by atoms with Crippen LogP contribution in [0.1, 0.15) is 18.4 Å². The van der Waals surface area contributed by atoms with Gasteiger partial charge in [0.1, 0.15) is 0 Å². The second kappa shape index (κ2) is 4.33. The van der Waals surface area contributed by atoms with Crippen LogP contribution in [0.4, 0.5) is 5.69 Å². The van der Waals surface area contributed by atoms with E-state index in [2.05, 4.69) is 17.0 Å². The minimum atomic E-state index is 0.348. The number of nitriles is 1. The van der Waals surface area contributed by atoms with Crippen molar-refractivity contribution >= 4 is 5.69 Å². The van der Waals surface area contributed by atoms with Crippen LogP contribution in [0.25, 0.3) is 0 Å². The van der Waals surface area contributed by atoms with Crippen molar-refractivity contribution in [2.24, 2.45) is 5.73 Å². The SMILES string of the molecule is N#Cc1cccc(N2CCC(N)CC2)c1. The minimum absolute atomic E-state index is 0.348. The summed E-state index contributed by atoms with van der Waals surface area (Å²) in [5, 5.41) is 8.81. The highest BCUT2D eigenvalue weighted by atomic mass is 15.1. The molecule has 2 rings (SSSR count). The Kier molecular flexibility index (Phi) is 2.89. The Bertz CT molecular complexity index is 373. The Morgan fingerprint density at radius 3 is 2.73 bits per heavy atom. The summed E-state index contributed by atoms with van der Waals surface area (Å²) in [7, 11) is 0. The van der Waals surface area contributed by atoms with E-state index in [1.165, 1.54) is 0 Å². The summed E-state index contributed by atoms with van der Waals surface area (Å²) in [4.78, 5) is 2.30. The quantitative estimate of drug-likeness (QED) is 0.749. The van der Waals surface area contributed by atoms with Crippen LogP contribution in [-0.4, -0.2) is 19.1 Å². The highest BCUT2D eigenvalue weighted by Gasteiger charge is 2.16. The standard InChI is InChI=1S/C12H15N3/c13-9-10-2-1-3-12(8-10)15-6-4-11(14)5-7-15/h1-3,8,11H,4-7,14H2. The van der Waals surface area contributed by atoms with E-state index in [1.54, 1.807) is 0 Å². The van der Waals surface area contributed by atoms with Crippen LogP contribution < -0.4 is 10.6 Å². The summed E-state index contributed by atoms with van der Waals surface area (Å²) in [6.45, 7) is 1.99. The molecule has 78 valence electrons. The van der Waals surface area contributed by atoms with Crippen LogP contribution in [-0.2, 0) is 0 Å². The van der Waals surface area contributed by atoms with E-state index in [0.717, 1.165) is 37.2 Å². The van der Waals surface area contributed by atoms with E-state index >= 15 is 0 Å². The van der Waals surface area contributed by atoms with E-state index in [-0.39, 0.29) is 0 Å². The molecule has 0 saturated carbocycles. The molecule has 1 fully saturated rings. The molecule has 0 bridgehead atoms. The first-order valence-corrected chi connectivity index (χ1v) is 5.30. The van der Waals surface area contributed by atoms with Crippen LogP contribution in [0, 0.1) is 11.3 Å². The van der Waals surface area contributed by atoms with Gasteiger partial charge in [0.25, 0.3) is 0 Å². The normalized spacial score (nSPS) is 17.5. The average molecular weight is 201 g/mol. The fourth-order valence-electron chi connectivity index (χ4n) is 1.93. The van der Waals surface area contributed by atoms with Gasteiger partial charge in [-0.2, -0.15) is 5.26 Å². The molecule has 3 heteroatoms. The lowest BCUT2D eigenvalue weighted by Gasteiger charge is -2.32. The average Bonchev–Trinajstić information content (AvgIpc) is 2.30. The summed E-state index contributed by atoms with van der Waals surface area (Å²) >= 11 is 0. The largest absolute Gasteiger partial charge is 0.371 e. The number of hydrogen-bond donors (Lipinski definition) is 1. The molecule has 0 aromatic heterocycles. The van der Waals surface area contributed by atoms with Crippen molar-refractivity contribution < 1.29 is 0 Å². The van der Waals surface area contributed by atoms with Crippen molar-refractivity contribution in [3.05, 3.63) is 29.8 Å². The number of benzene rings is 1. The summed E-state index contributed by atoms with van der Waals surface area (Å²) in [6, 6.07) is 10.3. The second-order valence-corrected chi connectivity index (χ2v) is 3.99. The molecule has 1 aliphatic rings. The maximum absolute atomic E-state index is 8.81. The highest BCUT2D eigenvalue weighted by molar-refractivity contribution is 5.51. The third kappa shape index (κ3) is 2.28. The van der Waals surface area contributed by atoms with Crippen LogP contribution in [0.5, 0.6) is 0 Å². The zero-order valence-electron chi connectivity index (χ0n) is 8.69. The van der Waals surface area contributed by atoms with E-state index < -0.39 is 0 Å². The molecule has 1 aliphatic heterocycles. The topological polar surface area (TPSA) is 53.0 Å². The molecule has 0 unspecified atom stereocenters. The van der Waals surface area contributed by atoms with Crippen molar-refractivity contribution in [3.63, 3.8) is 0 Å². The van der Waals surface area contributed by atoms with Gasteiger partial charge in [-0.15, -0.1) is 0 Å². The predicted octanol–water partition coefficient (Wildman–Crippen LogP) is 1.49. The third-order valence-electron chi connectivity index (χ3n) is 2.88. The molecule has 0 radical (unpaired) electrons. The van der Waals surface area contributed by atoms with E-state index in [1.807, 2.05) is 18.2 Å². The van der Waals surface area contributed by atoms with Gasteiger partial charge < -0.3 is 10.6 Å². The molecule has 1 aromatic rings. The first-order chi connectivity index (χ1) is 7.29. The van der Waals surface area contributed by atoms with Crippen LogP contribution in [0.3, 0.4) is 0 Å². The van der Waals surface area contributed by atoms with Crippen molar-refractivity contribution in [3.8, 4) is 6.07 Å². The van der Waals surface area contributed by atoms with Gasteiger partial charge in [-0.05, 0) is 31.0 Å². The summed E-state index contributed by atoms with van der Waals surface area (Å²) in [6.07, 6.45) is 2.08. The highest BCUT2D eigenvalue weighted by Crippen LogP contribution is 2.20. The molecule has 2 N–H and O–H groups in total. The fourth-order valence-corrected chi connectivity index (χ4v) is 1.93. The van der Waals surface area contributed by atoms with Crippen LogP contribution >= 0.6 is 0 Å². The maximum Gasteiger partial charge on any atom is 0.0992 e. The number of hydrogen-bond acceptors (Lipinski definition) is 3. The molecule has 3 nitrogen and oxygen atoms in total. The maximum atomic E-state index is 8.81. The Morgan fingerprint density at radius 1 is 1.33 bits per heavy atom. The Morgan fingerprint density at radius 2 is 2.07 bits per heavy atom. The number of nitrogens with two attached hydrogens (primary N) is 1. The van der Waals surface area contributed by atoms with Gasteiger partial charge in [-0.1, -0.05) is 6.07 Å². The van der Waals surface area contributed by atoms with Gasteiger partial charge in [-0.25, -0.2) is 0 Å². The first kappa shape index (κ1) is 10.0. The lowest BCUT2D eigenvalue weighted by atomic mass is 10.1. The lowest BCUT2D eigenvalue weighted by Crippen LogP contribution is -2.39. The number of rotatable bonds is 1. The summed E-state index contributed by atoms with van der Waals surface area (Å²) < 4.78 is 0. The van der Waals surface area contributed by atoms with E-state index in [9.17, 15) is 0 Å². The first-order valence-electron chi connectivity index (χ1n) is 5.30. The molecule has 0 aliphatic carbocycles. The van der Waals surface area contributed by atoms with Crippen molar-refractivity contribution in [2.45, 2.75) is 18.9 Å². The molecule has 0 amide bonds. The zero-order chi connectivity index (χ0) is 10.7. The zero-order valence-corrected chi connectivity index (χ0v) is 8.69. The van der Waals surface area contributed by atoms with Gasteiger partial charge in [-0.3, -0.25) is 0 Å². The Labute approximate surface area is 90.1 Å². The third-order valence-corrected chi connectivity index (χ3v) is 2.88. The summed E-state index contributed by atoms with van der Waals surface area (Å²) in [5.41, 5.74) is 7.72. The molecule has 0 atom stereocenters. The fraction of sp³-hybridized carbons (Fsp3) is 0.417. The molecule has 0 spiro atoms. The smallest absolute Gasteiger partial charge is 0.0992 e. The molecular formula is C12H15N3. The molecule has 1 heterocycles. The van der Waals surface area contributed by atoms with Gasteiger partial charge in [0.2, 0.25) is 0 Å². The van der Waals surface area contributed by atoms with E-state index in [0.29, 0.717) is 6.04 Å².